The number of halogens is 1. The second-order valence-electron chi connectivity index (χ2n) is 3.29. The molecular formula is C10H9FN2O5. The van der Waals surface area contributed by atoms with Crippen LogP contribution >= 0.6 is 0 Å². The number of carbonyl (C=O) groups is 3. The standard InChI is InChI=1S/C10H9FN2O5/c11-9-6(2-1-3-12-9)10(18)13(4-7(14)15)5-8(16)17/h1-3H,4-5H2,(H,14,15)(H,16,17). The number of nitrogens with zero attached hydrogens (tertiary/aromatic N) is 2. The van der Waals surface area contributed by atoms with E-state index >= 15 is 0 Å². The fraction of sp³-hybridized carbons (Fsp3) is 0.200. The second-order valence-corrected chi connectivity index (χ2v) is 3.29. The number of hydrogen-bond donors (Lipinski definition) is 2. The number of carboxylic acids is 2. The largest absolute Gasteiger partial charge is 0.480 e. The van der Waals surface area contributed by atoms with Gasteiger partial charge < -0.3 is 15.1 Å². The summed E-state index contributed by atoms with van der Waals surface area (Å²) in [4.78, 5) is 36.5. The molecule has 0 saturated carbocycles. The van der Waals surface area contributed by atoms with Gasteiger partial charge in [0.25, 0.3) is 5.91 Å². The van der Waals surface area contributed by atoms with E-state index in [0.717, 1.165) is 12.3 Å². The van der Waals surface area contributed by atoms with Crippen molar-refractivity contribution in [3.63, 3.8) is 0 Å². The van der Waals surface area contributed by atoms with Gasteiger partial charge in [0.05, 0.1) is 5.56 Å². The molecule has 0 fully saturated rings. The fourth-order valence-corrected chi connectivity index (χ4v) is 1.24. The predicted molar refractivity (Wildman–Crippen MR) is 55.4 cm³/mol. The molecule has 18 heavy (non-hydrogen) atoms. The molecule has 0 radical (unpaired) electrons. The van der Waals surface area contributed by atoms with Gasteiger partial charge in [-0.05, 0) is 12.1 Å². The molecule has 0 unspecified atom stereocenters. The van der Waals surface area contributed by atoms with Crippen LogP contribution in [0.25, 0.3) is 0 Å². The molecule has 1 rings (SSSR count). The smallest absolute Gasteiger partial charge is 0.323 e. The van der Waals surface area contributed by atoms with Crippen molar-refractivity contribution in [1.82, 2.24) is 9.88 Å². The van der Waals surface area contributed by atoms with Crippen LogP contribution in [0.3, 0.4) is 0 Å². The maximum atomic E-state index is 13.2. The Morgan fingerprint density at radius 3 is 2.22 bits per heavy atom. The molecule has 0 spiro atoms. The molecule has 8 heteroatoms. The lowest BCUT2D eigenvalue weighted by Crippen LogP contribution is -2.39. The molecule has 96 valence electrons. The normalized spacial score (nSPS) is 9.83. The van der Waals surface area contributed by atoms with E-state index in [2.05, 4.69) is 4.98 Å². The lowest BCUT2D eigenvalue weighted by molar-refractivity contribution is -0.140. The number of carboxylic acid groups (broad SMARTS) is 2. The Bertz CT molecular complexity index is 475. The minimum Gasteiger partial charge on any atom is -0.480 e. The molecule has 1 aromatic rings. The Labute approximate surface area is 100 Å². The summed E-state index contributed by atoms with van der Waals surface area (Å²) >= 11 is 0. The SMILES string of the molecule is O=C(O)CN(CC(=O)O)C(=O)c1cccnc1F. The van der Waals surface area contributed by atoms with Gasteiger partial charge in [-0.25, -0.2) is 4.98 Å². The van der Waals surface area contributed by atoms with Crippen LogP contribution in [0.5, 0.6) is 0 Å². The first-order valence-corrected chi connectivity index (χ1v) is 4.75. The Balaban J connectivity index is 2.98. The molecule has 0 aliphatic carbocycles. The highest BCUT2D eigenvalue weighted by Gasteiger charge is 2.23. The molecule has 2 N–H and O–H groups in total. The third kappa shape index (κ3) is 3.51. The number of rotatable bonds is 5. The molecular weight excluding hydrogens is 247 g/mol. The average molecular weight is 256 g/mol. The molecule has 1 amide bonds. The van der Waals surface area contributed by atoms with Crippen molar-refractivity contribution in [1.29, 1.82) is 0 Å². The Hall–Kier alpha value is -2.51. The van der Waals surface area contributed by atoms with Crippen LogP contribution in [0.15, 0.2) is 18.3 Å². The average Bonchev–Trinajstić information content (AvgIpc) is 2.26. The van der Waals surface area contributed by atoms with Crippen LogP contribution in [-0.2, 0) is 9.59 Å². The van der Waals surface area contributed by atoms with Crippen molar-refractivity contribution in [3.05, 3.63) is 29.8 Å². The van der Waals surface area contributed by atoms with E-state index in [1.807, 2.05) is 0 Å². The van der Waals surface area contributed by atoms with Crippen LogP contribution in [0.4, 0.5) is 4.39 Å². The Kier molecular flexibility index (Phi) is 4.30. The molecule has 1 heterocycles. The number of aromatic nitrogens is 1. The summed E-state index contributed by atoms with van der Waals surface area (Å²) in [6, 6.07) is 2.39. The van der Waals surface area contributed by atoms with Gasteiger partial charge in [-0.2, -0.15) is 4.39 Å². The van der Waals surface area contributed by atoms with Gasteiger partial charge in [-0.3, -0.25) is 14.4 Å². The first-order valence-electron chi connectivity index (χ1n) is 4.75. The van der Waals surface area contributed by atoms with Crippen LogP contribution in [-0.4, -0.2) is 51.0 Å². The number of amides is 1. The van der Waals surface area contributed by atoms with Crippen molar-refractivity contribution < 1.29 is 29.0 Å². The lowest BCUT2D eigenvalue weighted by atomic mass is 10.2. The van der Waals surface area contributed by atoms with E-state index in [1.54, 1.807) is 0 Å². The molecule has 1 aromatic heterocycles. The first kappa shape index (κ1) is 13.6. The third-order valence-corrected chi connectivity index (χ3v) is 1.93. The Morgan fingerprint density at radius 2 is 1.78 bits per heavy atom. The Morgan fingerprint density at radius 1 is 1.22 bits per heavy atom. The maximum Gasteiger partial charge on any atom is 0.323 e. The van der Waals surface area contributed by atoms with Crippen molar-refractivity contribution in [2.75, 3.05) is 13.1 Å². The van der Waals surface area contributed by atoms with Gasteiger partial charge >= 0.3 is 11.9 Å². The third-order valence-electron chi connectivity index (χ3n) is 1.93. The zero-order chi connectivity index (χ0) is 13.7. The van der Waals surface area contributed by atoms with E-state index in [0.29, 0.717) is 4.90 Å². The minimum absolute atomic E-state index is 0.472. The number of hydrogen-bond acceptors (Lipinski definition) is 4. The quantitative estimate of drug-likeness (QED) is 0.708. The van der Waals surface area contributed by atoms with Crippen LogP contribution in [0, 0.1) is 5.95 Å². The van der Waals surface area contributed by atoms with Gasteiger partial charge in [0.15, 0.2) is 0 Å². The van der Waals surface area contributed by atoms with Crippen molar-refractivity contribution in [3.8, 4) is 0 Å². The highest BCUT2D eigenvalue weighted by molar-refractivity contribution is 5.97. The summed E-state index contributed by atoms with van der Waals surface area (Å²) in [5.74, 6) is -4.91. The van der Waals surface area contributed by atoms with E-state index < -0.39 is 42.4 Å². The van der Waals surface area contributed by atoms with E-state index in [9.17, 15) is 18.8 Å². The fourth-order valence-electron chi connectivity index (χ4n) is 1.24. The van der Waals surface area contributed by atoms with Crippen molar-refractivity contribution in [2.45, 2.75) is 0 Å². The zero-order valence-electron chi connectivity index (χ0n) is 9.04. The lowest BCUT2D eigenvalue weighted by Gasteiger charge is -2.18. The van der Waals surface area contributed by atoms with Gasteiger partial charge in [0.2, 0.25) is 5.95 Å². The summed E-state index contributed by atoms with van der Waals surface area (Å²) in [7, 11) is 0. The summed E-state index contributed by atoms with van der Waals surface area (Å²) in [6.45, 7) is -1.67. The maximum absolute atomic E-state index is 13.2. The monoisotopic (exact) mass is 256 g/mol. The van der Waals surface area contributed by atoms with Gasteiger partial charge in [-0.1, -0.05) is 0 Å². The molecule has 7 nitrogen and oxygen atoms in total. The predicted octanol–water partition coefficient (Wildman–Crippen LogP) is -0.168. The van der Waals surface area contributed by atoms with E-state index in [-0.39, 0.29) is 0 Å². The highest BCUT2D eigenvalue weighted by atomic mass is 19.1. The molecule has 0 atom stereocenters. The van der Waals surface area contributed by atoms with Gasteiger partial charge in [0, 0.05) is 6.20 Å². The van der Waals surface area contributed by atoms with Crippen molar-refractivity contribution >= 4 is 17.8 Å². The van der Waals surface area contributed by atoms with Crippen LogP contribution in [0.2, 0.25) is 0 Å². The summed E-state index contributed by atoms with van der Waals surface area (Å²) in [6.07, 6.45) is 1.12. The number of pyridine rings is 1. The van der Waals surface area contributed by atoms with E-state index in [4.69, 9.17) is 10.2 Å². The van der Waals surface area contributed by atoms with Crippen LogP contribution < -0.4 is 0 Å². The van der Waals surface area contributed by atoms with Crippen molar-refractivity contribution in [2.24, 2.45) is 0 Å². The molecule has 0 aliphatic rings. The zero-order valence-corrected chi connectivity index (χ0v) is 9.04. The number of aliphatic carboxylic acids is 2. The molecule has 0 bridgehead atoms. The highest BCUT2D eigenvalue weighted by Crippen LogP contribution is 2.07. The second kappa shape index (κ2) is 5.71. The van der Waals surface area contributed by atoms with Gasteiger partial charge in [-0.15, -0.1) is 0 Å². The van der Waals surface area contributed by atoms with Crippen LogP contribution in [0.1, 0.15) is 10.4 Å². The minimum atomic E-state index is -1.39. The topological polar surface area (TPSA) is 108 Å². The first-order chi connectivity index (χ1) is 8.41. The number of carbonyl (C=O) groups excluding carboxylic acids is 1. The molecule has 0 saturated heterocycles. The summed E-state index contributed by atoms with van der Waals surface area (Å²) in [5.41, 5.74) is -0.472. The summed E-state index contributed by atoms with van der Waals surface area (Å²) in [5, 5.41) is 17.1. The van der Waals surface area contributed by atoms with E-state index in [1.165, 1.54) is 6.07 Å². The van der Waals surface area contributed by atoms with Gasteiger partial charge in [0.1, 0.15) is 13.1 Å². The summed E-state index contributed by atoms with van der Waals surface area (Å²) < 4.78 is 13.2. The molecule has 0 aromatic carbocycles. The molecule has 0 aliphatic heterocycles.